The molecule has 0 unspecified atom stereocenters. The van der Waals surface area contributed by atoms with Crippen LogP contribution in [0.2, 0.25) is 5.02 Å². The van der Waals surface area contributed by atoms with Gasteiger partial charge in [0.05, 0.1) is 20.0 Å². The third-order valence-electron chi connectivity index (χ3n) is 2.40. The van der Waals surface area contributed by atoms with Crippen molar-refractivity contribution in [1.82, 2.24) is 4.98 Å². The lowest BCUT2D eigenvalue weighted by Gasteiger charge is -2.07. The normalized spacial score (nSPS) is 10.1. The highest BCUT2D eigenvalue weighted by atomic mass is 79.9. The van der Waals surface area contributed by atoms with Crippen LogP contribution in [0.15, 0.2) is 41.0 Å². The van der Waals surface area contributed by atoms with Gasteiger partial charge in [-0.3, -0.25) is 14.9 Å². The quantitative estimate of drug-likeness (QED) is 0.672. The van der Waals surface area contributed by atoms with Crippen molar-refractivity contribution in [2.45, 2.75) is 0 Å². The third-order valence-corrected chi connectivity index (χ3v) is 3.35. The van der Waals surface area contributed by atoms with Gasteiger partial charge in [0.2, 0.25) is 0 Å². The van der Waals surface area contributed by atoms with E-state index in [0.29, 0.717) is 10.3 Å². The first kappa shape index (κ1) is 14.4. The van der Waals surface area contributed by atoms with Crippen molar-refractivity contribution in [2.75, 3.05) is 5.32 Å². The van der Waals surface area contributed by atoms with Crippen LogP contribution in [0.4, 0.5) is 11.5 Å². The molecule has 0 saturated carbocycles. The van der Waals surface area contributed by atoms with Gasteiger partial charge in [0, 0.05) is 18.3 Å². The summed E-state index contributed by atoms with van der Waals surface area (Å²) in [6, 6.07) is 7.07. The van der Waals surface area contributed by atoms with Crippen molar-refractivity contribution in [2.24, 2.45) is 0 Å². The minimum Gasteiger partial charge on any atom is -0.306 e. The topological polar surface area (TPSA) is 85.1 Å². The number of carbonyl (C=O) groups is 1. The van der Waals surface area contributed by atoms with E-state index < -0.39 is 10.8 Å². The second kappa shape index (κ2) is 5.98. The van der Waals surface area contributed by atoms with Crippen LogP contribution in [0.1, 0.15) is 10.4 Å². The Morgan fingerprint density at radius 3 is 2.75 bits per heavy atom. The SMILES string of the molecule is O=C(Nc1ncccc1Br)c1ccc([N+](=O)[O-])cc1Cl. The number of nitrogens with one attached hydrogen (secondary N) is 1. The number of pyridine rings is 1. The number of rotatable bonds is 3. The van der Waals surface area contributed by atoms with Crippen LogP contribution in [0.25, 0.3) is 0 Å². The molecule has 0 aliphatic carbocycles. The number of halogens is 2. The van der Waals surface area contributed by atoms with Crippen molar-refractivity contribution in [3.8, 4) is 0 Å². The summed E-state index contributed by atoms with van der Waals surface area (Å²) in [5.41, 5.74) is -0.0413. The van der Waals surface area contributed by atoms with E-state index >= 15 is 0 Å². The van der Waals surface area contributed by atoms with Crippen LogP contribution in [0.5, 0.6) is 0 Å². The van der Waals surface area contributed by atoms with Crippen molar-refractivity contribution >= 4 is 44.9 Å². The van der Waals surface area contributed by atoms with Crippen LogP contribution in [0.3, 0.4) is 0 Å². The maximum Gasteiger partial charge on any atom is 0.270 e. The first-order valence-corrected chi connectivity index (χ1v) is 6.52. The lowest BCUT2D eigenvalue weighted by atomic mass is 10.2. The average molecular weight is 357 g/mol. The van der Waals surface area contributed by atoms with Crippen molar-refractivity contribution in [3.05, 3.63) is 61.7 Å². The highest BCUT2D eigenvalue weighted by molar-refractivity contribution is 9.10. The van der Waals surface area contributed by atoms with Gasteiger partial charge in [-0.25, -0.2) is 4.98 Å². The van der Waals surface area contributed by atoms with E-state index in [2.05, 4.69) is 26.2 Å². The molecule has 0 aliphatic heterocycles. The third kappa shape index (κ3) is 3.12. The van der Waals surface area contributed by atoms with Gasteiger partial charge in [-0.2, -0.15) is 0 Å². The van der Waals surface area contributed by atoms with Crippen LogP contribution >= 0.6 is 27.5 Å². The van der Waals surface area contributed by atoms with E-state index in [1.165, 1.54) is 18.3 Å². The minimum atomic E-state index is -0.580. The van der Waals surface area contributed by atoms with Gasteiger partial charge in [-0.1, -0.05) is 11.6 Å². The average Bonchev–Trinajstić information content (AvgIpc) is 2.41. The van der Waals surface area contributed by atoms with Crippen molar-refractivity contribution < 1.29 is 9.72 Å². The summed E-state index contributed by atoms with van der Waals surface area (Å²) >= 11 is 9.12. The van der Waals surface area contributed by atoms with Gasteiger partial charge in [0.15, 0.2) is 0 Å². The highest BCUT2D eigenvalue weighted by Gasteiger charge is 2.16. The lowest BCUT2D eigenvalue weighted by molar-refractivity contribution is -0.384. The Balaban J connectivity index is 2.26. The molecule has 1 heterocycles. The summed E-state index contributed by atoms with van der Waals surface area (Å²) in [5, 5.41) is 13.2. The summed E-state index contributed by atoms with van der Waals surface area (Å²) in [6.07, 6.45) is 1.53. The molecule has 2 rings (SSSR count). The van der Waals surface area contributed by atoms with Gasteiger partial charge in [0.1, 0.15) is 5.82 Å². The van der Waals surface area contributed by atoms with E-state index in [9.17, 15) is 14.9 Å². The molecule has 8 heteroatoms. The number of aromatic nitrogens is 1. The van der Waals surface area contributed by atoms with E-state index in [0.717, 1.165) is 6.07 Å². The molecule has 0 aliphatic rings. The smallest absolute Gasteiger partial charge is 0.270 e. The number of amides is 1. The first-order valence-electron chi connectivity index (χ1n) is 5.35. The number of non-ortho nitro benzene ring substituents is 1. The standard InChI is InChI=1S/C12H7BrClN3O3/c13-9-2-1-5-15-11(9)16-12(18)8-4-3-7(17(19)20)6-10(8)14/h1-6H,(H,15,16,18). The maximum atomic E-state index is 12.0. The Kier molecular flexibility index (Phi) is 4.31. The molecule has 102 valence electrons. The molecule has 1 aromatic carbocycles. The van der Waals surface area contributed by atoms with E-state index in [1.807, 2.05) is 0 Å². The van der Waals surface area contributed by atoms with E-state index in [-0.39, 0.29) is 16.3 Å². The summed E-state index contributed by atoms with van der Waals surface area (Å²) in [7, 11) is 0. The Bertz CT molecular complexity index is 693. The molecular formula is C12H7BrClN3O3. The summed E-state index contributed by atoms with van der Waals surface area (Å²) in [4.78, 5) is 26.1. The Hall–Kier alpha value is -1.99. The Morgan fingerprint density at radius 1 is 1.40 bits per heavy atom. The zero-order chi connectivity index (χ0) is 14.7. The number of nitro benzene ring substituents is 1. The Labute approximate surface area is 127 Å². The molecule has 0 saturated heterocycles. The molecule has 0 bridgehead atoms. The van der Waals surface area contributed by atoms with Crippen LogP contribution in [-0.4, -0.2) is 15.8 Å². The van der Waals surface area contributed by atoms with Crippen molar-refractivity contribution in [1.29, 1.82) is 0 Å². The molecule has 2 aromatic rings. The molecule has 1 amide bonds. The number of hydrogen-bond acceptors (Lipinski definition) is 4. The van der Waals surface area contributed by atoms with Gasteiger partial charge in [-0.15, -0.1) is 0 Å². The summed E-state index contributed by atoms with van der Waals surface area (Å²) < 4.78 is 0.617. The number of hydrogen-bond donors (Lipinski definition) is 1. The highest BCUT2D eigenvalue weighted by Crippen LogP contribution is 2.24. The first-order chi connectivity index (χ1) is 9.49. The zero-order valence-electron chi connectivity index (χ0n) is 9.84. The number of anilines is 1. The fourth-order valence-corrected chi connectivity index (χ4v) is 2.07. The molecule has 0 radical (unpaired) electrons. The summed E-state index contributed by atoms with van der Waals surface area (Å²) in [6.45, 7) is 0. The molecule has 0 atom stereocenters. The molecule has 6 nitrogen and oxygen atoms in total. The molecule has 20 heavy (non-hydrogen) atoms. The molecule has 1 N–H and O–H groups in total. The number of nitro groups is 1. The minimum absolute atomic E-state index is 0.00348. The Morgan fingerprint density at radius 2 is 2.15 bits per heavy atom. The van der Waals surface area contributed by atoms with Gasteiger partial charge >= 0.3 is 0 Å². The molecule has 0 spiro atoms. The molecular weight excluding hydrogens is 350 g/mol. The van der Waals surface area contributed by atoms with E-state index in [4.69, 9.17) is 11.6 Å². The van der Waals surface area contributed by atoms with Crippen LogP contribution < -0.4 is 5.32 Å². The van der Waals surface area contributed by atoms with Crippen molar-refractivity contribution in [3.63, 3.8) is 0 Å². The number of benzene rings is 1. The largest absolute Gasteiger partial charge is 0.306 e. The van der Waals surface area contributed by atoms with Crippen LogP contribution in [-0.2, 0) is 0 Å². The molecule has 1 aromatic heterocycles. The predicted octanol–water partition coefficient (Wildman–Crippen LogP) is 3.66. The van der Waals surface area contributed by atoms with Gasteiger partial charge in [-0.05, 0) is 34.1 Å². The maximum absolute atomic E-state index is 12.0. The van der Waals surface area contributed by atoms with Gasteiger partial charge in [0.25, 0.3) is 11.6 Å². The fourth-order valence-electron chi connectivity index (χ4n) is 1.45. The zero-order valence-corrected chi connectivity index (χ0v) is 12.2. The van der Waals surface area contributed by atoms with Crippen LogP contribution in [0, 0.1) is 10.1 Å². The number of nitrogens with zero attached hydrogens (tertiary/aromatic N) is 2. The fraction of sp³-hybridized carbons (Fsp3) is 0. The van der Waals surface area contributed by atoms with E-state index in [1.54, 1.807) is 12.1 Å². The predicted molar refractivity (Wildman–Crippen MR) is 78.0 cm³/mol. The monoisotopic (exact) mass is 355 g/mol. The molecule has 0 fully saturated rings. The lowest BCUT2D eigenvalue weighted by Crippen LogP contribution is -2.14. The second-order valence-corrected chi connectivity index (χ2v) is 4.97. The van der Waals surface area contributed by atoms with Gasteiger partial charge < -0.3 is 5.32 Å². The number of carbonyl (C=O) groups excluding carboxylic acids is 1. The second-order valence-electron chi connectivity index (χ2n) is 3.71. The summed E-state index contributed by atoms with van der Waals surface area (Å²) in [5.74, 6) is -0.156.